The Hall–Kier alpha value is -1.61. The molecule has 36 heavy (non-hydrogen) atoms. The predicted octanol–water partition coefficient (Wildman–Crippen LogP) is 8.71. The van der Waals surface area contributed by atoms with Crippen molar-refractivity contribution in [2.45, 2.75) is 82.5 Å². The van der Waals surface area contributed by atoms with Crippen LogP contribution in [0.25, 0.3) is 10.9 Å². The summed E-state index contributed by atoms with van der Waals surface area (Å²) in [7, 11) is -1.75. The summed E-state index contributed by atoms with van der Waals surface area (Å²) < 4.78 is 14.2. The highest BCUT2D eigenvalue weighted by Crippen LogP contribution is 2.40. The Morgan fingerprint density at radius 3 is 2.50 bits per heavy atom. The SMILES string of the molecule is CSCc1cccc(Nc2ncc3cc(Br)cc(OC4CCC(O[Si](C)(C)C(C)(C)C)CC4)c3n2)c1. The zero-order valence-electron chi connectivity index (χ0n) is 22.2. The third-order valence-corrected chi connectivity index (χ3v) is 12.9. The Morgan fingerprint density at radius 1 is 1.08 bits per heavy atom. The maximum absolute atomic E-state index is 6.67. The van der Waals surface area contributed by atoms with E-state index >= 15 is 0 Å². The highest BCUT2D eigenvalue weighted by Gasteiger charge is 2.40. The average Bonchev–Trinajstić information content (AvgIpc) is 2.80. The quantitative estimate of drug-likeness (QED) is 0.266. The number of benzene rings is 2. The van der Waals surface area contributed by atoms with Crippen molar-refractivity contribution in [2.24, 2.45) is 0 Å². The molecule has 1 N–H and O–H groups in total. The van der Waals surface area contributed by atoms with Crippen LogP contribution >= 0.6 is 27.7 Å². The van der Waals surface area contributed by atoms with Crippen molar-refractivity contribution in [3.63, 3.8) is 0 Å². The Bertz CT molecular complexity index is 1190. The molecule has 3 aromatic rings. The first-order valence-corrected chi connectivity index (χ1v) is 17.8. The summed E-state index contributed by atoms with van der Waals surface area (Å²) in [6.07, 6.45) is 8.53. The van der Waals surface area contributed by atoms with Crippen LogP contribution in [0.5, 0.6) is 5.75 Å². The summed E-state index contributed by atoms with van der Waals surface area (Å²) in [6, 6.07) is 12.4. The molecule has 1 fully saturated rings. The van der Waals surface area contributed by atoms with Crippen LogP contribution in [0.4, 0.5) is 11.6 Å². The predicted molar refractivity (Wildman–Crippen MR) is 159 cm³/mol. The van der Waals surface area contributed by atoms with Gasteiger partial charge >= 0.3 is 0 Å². The summed E-state index contributed by atoms with van der Waals surface area (Å²) in [6.45, 7) is 11.6. The van der Waals surface area contributed by atoms with Gasteiger partial charge in [-0.15, -0.1) is 0 Å². The van der Waals surface area contributed by atoms with E-state index in [0.29, 0.717) is 12.1 Å². The average molecular weight is 589 g/mol. The molecule has 0 amide bonds. The van der Waals surface area contributed by atoms with Gasteiger partial charge in [0.25, 0.3) is 0 Å². The third kappa shape index (κ3) is 6.82. The number of aromatic nitrogens is 2. The Kier molecular flexibility index (Phi) is 8.70. The van der Waals surface area contributed by atoms with Gasteiger partial charge in [-0.05, 0) is 79.9 Å². The lowest BCUT2D eigenvalue weighted by molar-refractivity contribution is 0.0732. The number of halogens is 1. The molecule has 0 bridgehead atoms. The fourth-order valence-corrected chi connectivity index (χ4v) is 6.69. The smallest absolute Gasteiger partial charge is 0.227 e. The van der Waals surface area contributed by atoms with Crippen molar-refractivity contribution in [2.75, 3.05) is 11.6 Å². The minimum atomic E-state index is -1.75. The second kappa shape index (κ2) is 11.4. The number of rotatable bonds is 8. The van der Waals surface area contributed by atoms with E-state index in [1.807, 2.05) is 36.2 Å². The number of nitrogens with one attached hydrogen (secondary N) is 1. The largest absolute Gasteiger partial charge is 0.488 e. The lowest BCUT2D eigenvalue weighted by Gasteiger charge is -2.41. The minimum absolute atomic E-state index is 0.163. The van der Waals surface area contributed by atoms with Gasteiger partial charge in [-0.3, -0.25) is 0 Å². The molecule has 0 atom stereocenters. The molecule has 1 aliphatic rings. The van der Waals surface area contributed by atoms with Crippen molar-refractivity contribution in [3.05, 3.63) is 52.6 Å². The summed E-state index contributed by atoms with van der Waals surface area (Å²) in [4.78, 5) is 9.40. The van der Waals surface area contributed by atoms with Crippen molar-refractivity contribution in [3.8, 4) is 5.75 Å². The van der Waals surface area contributed by atoms with Gasteiger partial charge in [0.1, 0.15) is 11.3 Å². The first-order chi connectivity index (χ1) is 17.0. The van der Waals surface area contributed by atoms with E-state index in [2.05, 4.69) is 84.6 Å². The molecular weight excluding hydrogens is 550 g/mol. The molecular formula is C28H38BrN3O2SSi. The monoisotopic (exact) mass is 587 g/mol. The van der Waals surface area contributed by atoms with Gasteiger partial charge in [0.15, 0.2) is 8.32 Å². The molecule has 2 aromatic carbocycles. The maximum atomic E-state index is 6.67. The Labute approximate surface area is 229 Å². The summed E-state index contributed by atoms with van der Waals surface area (Å²) >= 11 is 5.44. The van der Waals surface area contributed by atoms with Gasteiger partial charge in [-0.25, -0.2) is 9.97 Å². The molecule has 0 unspecified atom stereocenters. The van der Waals surface area contributed by atoms with E-state index in [4.69, 9.17) is 14.1 Å². The standard InChI is InChI=1S/C28H38BrN3O2SSi/c1-28(2,3)36(5,6)34-24-12-10-23(11-13-24)33-25-16-21(29)15-20-17-30-27(32-26(20)25)31-22-9-7-8-19(14-22)18-35-4/h7-9,14-17,23-24H,10-13,18H2,1-6H3,(H,30,31,32). The molecule has 194 valence electrons. The van der Waals surface area contributed by atoms with Crippen LogP contribution in [0, 0.1) is 0 Å². The van der Waals surface area contributed by atoms with Gasteiger partial charge in [0, 0.05) is 33.6 Å². The van der Waals surface area contributed by atoms with Crippen molar-refractivity contribution >= 4 is 58.5 Å². The third-order valence-electron chi connectivity index (χ3n) is 7.29. The number of hydrogen-bond donors (Lipinski definition) is 1. The van der Waals surface area contributed by atoms with E-state index in [1.54, 1.807) is 0 Å². The molecule has 1 aliphatic carbocycles. The highest BCUT2D eigenvalue weighted by molar-refractivity contribution is 9.10. The van der Waals surface area contributed by atoms with E-state index in [0.717, 1.165) is 58.2 Å². The van der Waals surface area contributed by atoms with E-state index in [-0.39, 0.29) is 11.1 Å². The van der Waals surface area contributed by atoms with Crippen molar-refractivity contribution in [1.29, 1.82) is 0 Å². The second-order valence-electron chi connectivity index (χ2n) is 11.2. The van der Waals surface area contributed by atoms with Gasteiger partial charge in [-0.1, -0.05) is 48.8 Å². The Morgan fingerprint density at radius 2 is 1.81 bits per heavy atom. The lowest BCUT2D eigenvalue weighted by Crippen LogP contribution is -2.45. The van der Waals surface area contributed by atoms with Crippen molar-refractivity contribution in [1.82, 2.24) is 9.97 Å². The second-order valence-corrected chi connectivity index (χ2v) is 17.7. The van der Waals surface area contributed by atoms with Crippen LogP contribution in [0.3, 0.4) is 0 Å². The van der Waals surface area contributed by atoms with Gasteiger partial charge in [0.2, 0.25) is 5.95 Å². The van der Waals surface area contributed by atoms with E-state index in [1.165, 1.54) is 5.56 Å². The van der Waals surface area contributed by atoms with Gasteiger partial charge in [-0.2, -0.15) is 11.8 Å². The van der Waals surface area contributed by atoms with Crippen molar-refractivity contribution < 1.29 is 9.16 Å². The number of ether oxygens (including phenoxy) is 1. The zero-order chi connectivity index (χ0) is 25.9. The molecule has 0 aliphatic heterocycles. The van der Waals surface area contributed by atoms with E-state index in [9.17, 15) is 0 Å². The van der Waals surface area contributed by atoms with Crippen LogP contribution in [0.15, 0.2) is 47.1 Å². The molecule has 0 radical (unpaired) electrons. The first kappa shape index (κ1) is 27.4. The minimum Gasteiger partial charge on any atom is -0.488 e. The molecule has 0 spiro atoms. The van der Waals surface area contributed by atoms with Gasteiger partial charge in [0.05, 0.1) is 6.10 Å². The molecule has 4 rings (SSSR count). The summed E-state index contributed by atoms with van der Waals surface area (Å²) in [5.74, 6) is 2.35. The lowest BCUT2D eigenvalue weighted by atomic mass is 9.95. The van der Waals surface area contributed by atoms with Crippen LogP contribution in [0.1, 0.15) is 52.0 Å². The number of anilines is 2. The maximum Gasteiger partial charge on any atom is 0.227 e. The van der Waals surface area contributed by atoms with Crippen LogP contribution < -0.4 is 10.1 Å². The molecule has 0 saturated heterocycles. The molecule has 1 saturated carbocycles. The molecule has 5 nitrogen and oxygen atoms in total. The topological polar surface area (TPSA) is 56.3 Å². The van der Waals surface area contributed by atoms with E-state index < -0.39 is 8.32 Å². The summed E-state index contributed by atoms with van der Waals surface area (Å²) in [5.41, 5.74) is 3.09. The fourth-order valence-electron chi connectivity index (χ4n) is 4.30. The molecule has 1 heterocycles. The first-order valence-electron chi connectivity index (χ1n) is 12.7. The molecule has 8 heteroatoms. The van der Waals surface area contributed by atoms with Crippen LogP contribution in [-0.2, 0) is 10.2 Å². The number of hydrogen-bond acceptors (Lipinski definition) is 6. The normalized spacial score (nSPS) is 18.9. The zero-order valence-corrected chi connectivity index (χ0v) is 25.6. The van der Waals surface area contributed by atoms with Crippen LogP contribution in [-0.4, -0.2) is 36.7 Å². The number of thioether (sulfide) groups is 1. The highest BCUT2D eigenvalue weighted by atomic mass is 79.9. The molecule has 1 aromatic heterocycles. The van der Waals surface area contributed by atoms with Crippen LogP contribution in [0.2, 0.25) is 18.1 Å². The Balaban J connectivity index is 1.47. The summed E-state index contributed by atoms with van der Waals surface area (Å²) in [5, 5.41) is 4.56. The number of nitrogens with zero attached hydrogens (tertiary/aromatic N) is 2. The van der Waals surface area contributed by atoms with Gasteiger partial charge < -0.3 is 14.5 Å². The fraction of sp³-hybridized carbons (Fsp3) is 0.500. The number of fused-ring (bicyclic) bond motifs is 1.